The van der Waals surface area contributed by atoms with E-state index in [2.05, 4.69) is 11.9 Å². The maximum absolute atomic E-state index is 11.2. The van der Waals surface area contributed by atoms with Crippen LogP contribution in [0.1, 0.15) is 5.56 Å². The number of benzene rings is 2. The predicted molar refractivity (Wildman–Crippen MR) is 76.0 cm³/mol. The van der Waals surface area contributed by atoms with E-state index in [1.807, 2.05) is 42.5 Å². The zero-order valence-electron chi connectivity index (χ0n) is 10.5. The van der Waals surface area contributed by atoms with E-state index in [9.17, 15) is 4.79 Å². The van der Waals surface area contributed by atoms with E-state index >= 15 is 0 Å². The Morgan fingerprint density at radius 1 is 1.16 bits per heavy atom. The predicted octanol–water partition coefficient (Wildman–Crippen LogP) is 3.39. The molecule has 0 saturated carbocycles. The molecule has 2 rings (SSSR count). The molecule has 2 aromatic rings. The van der Waals surface area contributed by atoms with Gasteiger partial charge in [0.05, 0.1) is 0 Å². The number of amides is 1. The van der Waals surface area contributed by atoms with Gasteiger partial charge in [0.15, 0.2) is 0 Å². The van der Waals surface area contributed by atoms with Crippen LogP contribution in [0, 0.1) is 0 Å². The highest BCUT2D eigenvalue weighted by atomic mass is 16.5. The van der Waals surface area contributed by atoms with Crippen LogP contribution in [-0.2, 0) is 11.4 Å². The number of hydrogen-bond donors (Lipinski definition) is 1. The zero-order chi connectivity index (χ0) is 13.5. The van der Waals surface area contributed by atoms with Gasteiger partial charge in [-0.25, -0.2) is 0 Å². The fraction of sp³-hybridized carbons (Fsp3) is 0.0625. The largest absolute Gasteiger partial charge is 0.489 e. The molecule has 0 unspecified atom stereocenters. The molecular formula is C16H15NO2. The lowest BCUT2D eigenvalue weighted by molar-refractivity contribution is -0.111. The third-order valence-electron chi connectivity index (χ3n) is 2.54. The van der Waals surface area contributed by atoms with E-state index in [1.54, 1.807) is 12.1 Å². The number of hydrogen-bond acceptors (Lipinski definition) is 2. The smallest absolute Gasteiger partial charge is 0.247 e. The second-order valence-corrected chi connectivity index (χ2v) is 4.00. The lowest BCUT2D eigenvalue weighted by Crippen LogP contribution is -2.07. The van der Waals surface area contributed by atoms with Crippen molar-refractivity contribution in [2.75, 3.05) is 5.32 Å². The van der Waals surface area contributed by atoms with Gasteiger partial charge < -0.3 is 10.1 Å². The molecule has 1 amide bonds. The van der Waals surface area contributed by atoms with Crippen molar-refractivity contribution in [3.63, 3.8) is 0 Å². The van der Waals surface area contributed by atoms with Crippen molar-refractivity contribution in [1.82, 2.24) is 0 Å². The number of carbonyl (C=O) groups is 1. The molecule has 0 aliphatic rings. The van der Waals surface area contributed by atoms with Crippen LogP contribution >= 0.6 is 0 Å². The molecule has 0 fully saturated rings. The summed E-state index contributed by atoms with van der Waals surface area (Å²) >= 11 is 0. The summed E-state index contributed by atoms with van der Waals surface area (Å²) in [7, 11) is 0. The van der Waals surface area contributed by atoms with Crippen LogP contribution in [0.3, 0.4) is 0 Å². The van der Waals surface area contributed by atoms with Crippen molar-refractivity contribution in [2.45, 2.75) is 6.61 Å². The average Bonchev–Trinajstić information content (AvgIpc) is 2.46. The second-order valence-electron chi connectivity index (χ2n) is 4.00. The van der Waals surface area contributed by atoms with Crippen molar-refractivity contribution in [3.8, 4) is 5.75 Å². The normalized spacial score (nSPS) is 9.68. The van der Waals surface area contributed by atoms with Crippen LogP contribution in [0.5, 0.6) is 5.75 Å². The number of ether oxygens (including phenoxy) is 1. The Kier molecular flexibility index (Phi) is 4.34. The van der Waals surface area contributed by atoms with Gasteiger partial charge in [0.1, 0.15) is 12.4 Å². The highest BCUT2D eigenvalue weighted by Gasteiger charge is 2.00. The number of carbonyl (C=O) groups excluding carboxylic acids is 1. The Hall–Kier alpha value is -2.55. The van der Waals surface area contributed by atoms with Crippen molar-refractivity contribution in [1.29, 1.82) is 0 Å². The van der Waals surface area contributed by atoms with Gasteiger partial charge in [-0.3, -0.25) is 4.79 Å². The Bertz CT molecular complexity index is 564. The van der Waals surface area contributed by atoms with Gasteiger partial charge in [0, 0.05) is 11.8 Å². The molecular weight excluding hydrogens is 238 g/mol. The fourth-order valence-corrected chi connectivity index (χ4v) is 1.60. The molecule has 19 heavy (non-hydrogen) atoms. The maximum atomic E-state index is 11.2. The van der Waals surface area contributed by atoms with Gasteiger partial charge in [-0.15, -0.1) is 0 Å². The summed E-state index contributed by atoms with van der Waals surface area (Å²) in [5.74, 6) is 0.478. The van der Waals surface area contributed by atoms with Crippen LogP contribution < -0.4 is 10.1 Å². The first-order valence-corrected chi connectivity index (χ1v) is 5.98. The summed E-state index contributed by atoms with van der Waals surface area (Å²) in [5.41, 5.74) is 1.79. The van der Waals surface area contributed by atoms with E-state index in [-0.39, 0.29) is 5.91 Å². The van der Waals surface area contributed by atoms with Crippen molar-refractivity contribution in [2.24, 2.45) is 0 Å². The number of anilines is 1. The Morgan fingerprint density at radius 2 is 1.95 bits per heavy atom. The Morgan fingerprint density at radius 3 is 2.68 bits per heavy atom. The molecule has 1 N–H and O–H groups in total. The monoisotopic (exact) mass is 253 g/mol. The minimum absolute atomic E-state index is 0.236. The minimum atomic E-state index is -0.236. The van der Waals surface area contributed by atoms with Crippen LogP contribution in [-0.4, -0.2) is 5.91 Å². The molecule has 0 atom stereocenters. The van der Waals surface area contributed by atoms with Crippen molar-refractivity contribution < 1.29 is 9.53 Å². The fourth-order valence-electron chi connectivity index (χ4n) is 1.60. The first-order valence-electron chi connectivity index (χ1n) is 5.98. The highest BCUT2D eigenvalue weighted by molar-refractivity contribution is 5.98. The van der Waals surface area contributed by atoms with Crippen LogP contribution in [0.15, 0.2) is 67.3 Å². The van der Waals surface area contributed by atoms with Crippen LogP contribution in [0.4, 0.5) is 5.69 Å². The molecule has 3 heteroatoms. The van der Waals surface area contributed by atoms with Crippen LogP contribution in [0.25, 0.3) is 0 Å². The standard InChI is InChI=1S/C16H15NO2/c1-2-16(18)17-14-9-6-10-15(11-14)19-12-13-7-4-3-5-8-13/h2-11H,1,12H2,(H,17,18). The highest BCUT2D eigenvalue weighted by Crippen LogP contribution is 2.18. The molecule has 0 heterocycles. The van der Waals surface area contributed by atoms with Gasteiger partial charge in [-0.2, -0.15) is 0 Å². The Labute approximate surface area is 112 Å². The zero-order valence-corrected chi connectivity index (χ0v) is 10.5. The molecule has 96 valence electrons. The molecule has 0 saturated heterocycles. The van der Waals surface area contributed by atoms with E-state index in [0.29, 0.717) is 18.0 Å². The molecule has 0 bridgehead atoms. The lowest BCUT2D eigenvalue weighted by atomic mass is 10.2. The van der Waals surface area contributed by atoms with E-state index in [0.717, 1.165) is 5.56 Å². The van der Waals surface area contributed by atoms with Gasteiger partial charge in [-0.1, -0.05) is 43.0 Å². The first kappa shape index (κ1) is 12.9. The maximum Gasteiger partial charge on any atom is 0.247 e. The summed E-state index contributed by atoms with van der Waals surface area (Å²) in [4.78, 5) is 11.2. The van der Waals surface area contributed by atoms with Gasteiger partial charge in [0.2, 0.25) is 5.91 Å². The summed E-state index contributed by atoms with van der Waals surface area (Å²) in [5, 5.41) is 2.69. The van der Waals surface area contributed by atoms with Crippen molar-refractivity contribution >= 4 is 11.6 Å². The molecule has 3 nitrogen and oxygen atoms in total. The molecule has 0 aliphatic heterocycles. The molecule has 2 aromatic carbocycles. The summed E-state index contributed by atoms with van der Waals surface area (Å²) < 4.78 is 5.67. The number of rotatable bonds is 5. The third-order valence-corrected chi connectivity index (χ3v) is 2.54. The van der Waals surface area contributed by atoms with Crippen molar-refractivity contribution in [3.05, 3.63) is 72.8 Å². The topological polar surface area (TPSA) is 38.3 Å². The quantitative estimate of drug-likeness (QED) is 0.829. The first-order chi connectivity index (χ1) is 9.28. The second kappa shape index (κ2) is 6.40. The number of nitrogens with one attached hydrogen (secondary N) is 1. The van der Waals surface area contributed by atoms with E-state index < -0.39 is 0 Å². The molecule has 0 radical (unpaired) electrons. The summed E-state index contributed by atoms with van der Waals surface area (Å²) in [6.07, 6.45) is 1.23. The van der Waals surface area contributed by atoms with E-state index in [4.69, 9.17) is 4.74 Å². The van der Waals surface area contributed by atoms with Gasteiger partial charge in [-0.05, 0) is 23.8 Å². The summed E-state index contributed by atoms with van der Waals surface area (Å²) in [6.45, 7) is 3.91. The molecule has 0 spiro atoms. The summed E-state index contributed by atoms with van der Waals surface area (Å²) in [6, 6.07) is 17.2. The SMILES string of the molecule is C=CC(=O)Nc1cccc(OCc2ccccc2)c1. The molecule has 0 aliphatic carbocycles. The van der Waals surface area contributed by atoms with Crippen LogP contribution in [0.2, 0.25) is 0 Å². The van der Waals surface area contributed by atoms with Gasteiger partial charge in [0.25, 0.3) is 0 Å². The Balaban J connectivity index is 1.99. The average molecular weight is 253 g/mol. The van der Waals surface area contributed by atoms with Gasteiger partial charge >= 0.3 is 0 Å². The third kappa shape index (κ3) is 4.00. The minimum Gasteiger partial charge on any atom is -0.489 e. The lowest BCUT2D eigenvalue weighted by Gasteiger charge is -2.08. The molecule has 0 aromatic heterocycles. The van der Waals surface area contributed by atoms with E-state index in [1.165, 1.54) is 6.08 Å².